The molecule has 3 aromatic carbocycles. The molecule has 0 aliphatic carbocycles. The highest BCUT2D eigenvalue weighted by molar-refractivity contribution is 5.53. The molecular weight excluding hydrogens is 390 g/mol. The van der Waals surface area contributed by atoms with Crippen LogP contribution in [0.25, 0.3) is 11.5 Å². The first-order valence-corrected chi connectivity index (χ1v) is 10.2. The van der Waals surface area contributed by atoms with Crippen molar-refractivity contribution in [2.24, 2.45) is 0 Å². The number of nitrogens with zero attached hydrogens (tertiary/aromatic N) is 1. The van der Waals surface area contributed by atoms with Crippen LogP contribution in [0.5, 0.6) is 17.2 Å². The Labute approximate surface area is 182 Å². The van der Waals surface area contributed by atoms with Crippen molar-refractivity contribution >= 4 is 0 Å². The lowest BCUT2D eigenvalue weighted by atomic mass is 10.2. The number of rotatable bonds is 9. The van der Waals surface area contributed by atoms with Crippen molar-refractivity contribution in [2.75, 3.05) is 13.7 Å². The van der Waals surface area contributed by atoms with E-state index in [9.17, 15) is 0 Å². The van der Waals surface area contributed by atoms with Crippen molar-refractivity contribution in [2.45, 2.75) is 20.0 Å². The molecule has 5 nitrogen and oxygen atoms in total. The SMILES string of the molecule is COc1ccc(COc2cccc(OCCc3nc(-c4ccccc4)oc3C)c2)cc1. The van der Waals surface area contributed by atoms with E-state index in [0.29, 0.717) is 25.5 Å². The van der Waals surface area contributed by atoms with Gasteiger partial charge in [-0.05, 0) is 48.9 Å². The summed E-state index contributed by atoms with van der Waals surface area (Å²) in [6.45, 7) is 2.92. The number of aryl methyl sites for hydroxylation is 1. The van der Waals surface area contributed by atoms with Crippen molar-refractivity contribution in [3.05, 3.63) is 95.9 Å². The van der Waals surface area contributed by atoms with Crippen LogP contribution in [0.2, 0.25) is 0 Å². The van der Waals surface area contributed by atoms with Crippen LogP contribution in [-0.4, -0.2) is 18.7 Å². The lowest BCUT2D eigenvalue weighted by Gasteiger charge is -2.10. The van der Waals surface area contributed by atoms with E-state index in [-0.39, 0.29) is 0 Å². The van der Waals surface area contributed by atoms with E-state index < -0.39 is 0 Å². The summed E-state index contributed by atoms with van der Waals surface area (Å²) < 4.78 is 22.8. The largest absolute Gasteiger partial charge is 0.497 e. The van der Waals surface area contributed by atoms with Crippen LogP contribution < -0.4 is 14.2 Å². The number of hydrogen-bond acceptors (Lipinski definition) is 5. The summed E-state index contributed by atoms with van der Waals surface area (Å²) in [6.07, 6.45) is 0.666. The van der Waals surface area contributed by atoms with Crippen molar-refractivity contribution in [1.82, 2.24) is 4.98 Å². The summed E-state index contributed by atoms with van der Waals surface area (Å²) in [5.41, 5.74) is 2.95. The third-order valence-electron chi connectivity index (χ3n) is 4.89. The van der Waals surface area contributed by atoms with Crippen LogP contribution in [0.3, 0.4) is 0 Å². The van der Waals surface area contributed by atoms with Gasteiger partial charge < -0.3 is 18.6 Å². The average Bonchev–Trinajstić information content (AvgIpc) is 3.19. The number of aromatic nitrogens is 1. The first kappa shape index (κ1) is 20.5. The second kappa shape index (κ2) is 9.85. The van der Waals surface area contributed by atoms with Gasteiger partial charge in [-0.2, -0.15) is 0 Å². The molecule has 4 rings (SSSR count). The average molecular weight is 415 g/mol. The van der Waals surface area contributed by atoms with Crippen LogP contribution in [0.4, 0.5) is 0 Å². The summed E-state index contributed by atoms with van der Waals surface area (Å²) >= 11 is 0. The second-order valence-electron chi connectivity index (χ2n) is 7.10. The Bertz CT molecular complexity index is 1100. The molecule has 1 heterocycles. The van der Waals surface area contributed by atoms with Crippen molar-refractivity contribution < 1.29 is 18.6 Å². The normalized spacial score (nSPS) is 10.6. The van der Waals surface area contributed by atoms with E-state index in [1.165, 1.54) is 0 Å². The number of methoxy groups -OCH3 is 1. The highest BCUT2D eigenvalue weighted by Gasteiger charge is 2.11. The number of benzene rings is 3. The van der Waals surface area contributed by atoms with Crippen LogP contribution in [0.15, 0.2) is 83.3 Å². The Morgan fingerprint density at radius 1 is 0.806 bits per heavy atom. The molecule has 0 saturated heterocycles. The molecule has 31 heavy (non-hydrogen) atoms. The van der Waals surface area contributed by atoms with Gasteiger partial charge in [-0.15, -0.1) is 0 Å². The summed E-state index contributed by atoms with van der Waals surface area (Å²) in [7, 11) is 1.66. The van der Waals surface area contributed by atoms with E-state index in [1.807, 2.05) is 85.8 Å². The van der Waals surface area contributed by atoms with Crippen molar-refractivity contribution in [3.8, 4) is 28.7 Å². The van der Waals surface area contributed by atoms with E-state index in [2.05, 4.69) is 4.98 Å². The van der Waals surface area contributed by atoms with E-state index in [1.54, 1.807) is 7.11 Å². The summed E-state index contributed by atoms with van der Waals surface area (Å²) in [5, 5.41) is 0. The number of oxazole rings is 1. The zero-order chi connectivity index (χ0) is 21.5. The van der Waals surface area contributed by atoms with Crippen LogP contribution in [0.1, 0.15) is 17.0 Å². The first-order valence-electron chi connectivity index (χ1n) is 10.2. The highest BCUT2D eigenvalue weighted by atomic mass is 16.5. The molecule has 5 heteroatoms. The van der Waals surface area contributed by atoms with Gasteiger partial charge in [0.1, 0.15) is 29.6 Å². The quantitative estimate of drug-likeness (QED) is 0.343. The molecule has 0 saturated carbocycles. The van der Waals surface area contributed by atoms with Crippen molar-refractivity contribution in [3.63, 3.8) is 0 Å². The predicted molar refractivity (Wildman–Crippen MR) is 120 cm³/mol. The smallest absolute Gasteiger partial charge is 0.226 e. The monoisotopic (exact) mass is 415 g/mol. The molecule has 0 aliphatic heterocycles. The molecule has 0 amide bonds. The van der Waals surface area contributed by atoms with E-state index >= 15 is 0 Å². The van der Waals surface area contributed by atoms with Gasteiger partial charge in [0.05, 0.1) is 19.4 Å². The molecule has 0 atom stereocenters. The molecule has 0 radical (unpaired) electrons. The molecular formula is C26H25NO4. The van der Waals surface area contributed by atoms with Gasteiger partial charge in [-0.1, -0.05) is 36.4 Å². The van der Waals surface area contributed by atoms with Gasteiger partial charge in [0.2, 0.25) is 5.89 Å². The summed E-state index contributed by atoms with van der Waals surface area (Å²) in [4.78, 5) is 4.62. The Hall–Kier alpha value is -3.73. The minimum absolute atomic E-state index is 0.480. The third-order valence-corrected chi connectivity index (χ3v) is 4.89. The zero-order valence-corrected chi connectivity index (χ0v) is 17.7. The zero-order valence-electron chi connectivity index (χ0n) is 17.7. The van der Waals surface area contributed by atoms with Crippen LogP contribution in [-0.2, 0) is 13.0 Å². The fourth-order valence-corrected chi connectivity index (χ4v) is 3.17. The van der Waals surface area contributed by atoms with Gasteiger partial charge in [0.25, 0.3) is 0 Å². The Kier molecular flexibility index (Phi) is 6.53. The lowest BCUT2D eigenvalue weighted by Crippen LogP contribution is -2.03. The van der Waals surface area contributed by atoms with E-state index in [4.69, 9.17) is 18.6 Å². The maximum Gasteiger partial charge on any atom is 0.226 e. The number of hydrogen-bond donors (Lipinski definition) is 0. The number of ether oxygens (including phenoxy) is 3. The molecule has 0 aliphatic rings. The van der Waals surface area contributed by atoms with Gasteiger partial charge in [-0.3, -0.25) is 0 Å². The maximum absolute atomic E-state index is 5.92. The second-order valence-corrected chi connectivity index (χ2v) is 7.10. The fraction of sp³-hybridized carbons (Fsp3) is 0.192. The Morgan fingerprint density at radius 3 is 2.29 bits per heavy atom. The highest BCUT2D eigenvalue weighted by Crippen LogP contribution is 2.23. The minimum Gasteiger partial charge on any atom is -0.497 e. The standard InChI is InChI=1S/C26H25NO4/c1-19-25(27-26(31-19)21-7-4-3-5-8-21)15-16-29-23-9-6-10-24(17-23)30-18-20-11-13-22(28-2)14-12-20/h3-14,17H,15-16,18H2,1-2H3. The lowest BCUT2D eigenvalue weighted by molar-refractivity contribution is 0.295. The van der Waals surface area contributed by atoms with Gasteiger partial charge in [-0.25, -0.2) is 4.98 Å². The van der Waals surface area contributed by atoms with Crippen molar-refractivity contribution in [1.29, 1.82) is 0 Å². The molecule has 158 valence electrons. The minimum atomic E-state index is 0.480. The van der Waals surface area contributed by atoms with Gasteiger partial charge in [0.15, 0.2) is 0 Å². The first-order chi connectivity index (χ1) is 15.2. The van der Waals surface area contributed by atoms with Crippen LogP contribution in [0, 0.1) is 6.92 Å². The predicted octanol–water partition coefficient (Wildman–Crippen LogP) is 5.86. The summed E-state index contributed by atoms with van der Waals surface area (Å²) in [6, 6.07) is 25.4. The van der Waals surface area contributed by atoms with Gasteiger partial charge in [0, 0.05) is 18.1 Å². The Morgan fingerprint density at radius 2 is 1.55 bits per heavy atom. The molecule has 0 spiro atoms. The molecule has 0 unspecified atom stereocenters. The molecule has 4 aromatic rings. The molecule has 0 N–H and O–H groups in total. The Balaban J connectivity index is 1.31. The van der Waals surface area contributed by atoms with Gasteiger partial charge >= 0.3 is 0 Å². The van der Waals surface area contributed by atoms with Crippen LogP contribution >= 0.6 is 0 Å². The molecule has 0 fully saturated rings. The summed E-state index contributed by atoms with van der Waals surface area (Å²) in [5.74, 6) is 3.81. The van der Waals surface area contributed by atoms with E-state index in [0.717, 1.165) is 39.8 Å². The molecule has 1 aromatic heterocycles. The third kappa shape index (κ3) is 5.45. The fourth-order valence-electron chi connectivity index (χ4n) is 3.17. The maximum atomic E-state index is 5.92. The topological polar surface area (TPSA) is 53.7 Å². The molecule has 0 bridgehead atoms.